The summed E-state index contributed by atoms with van der Waals surface area (Å²) in [5, 5.41) is 0. The van der Waals surface area contributed by atoms with Crippen molar-refractivity contribution in [1.29, 1.82) is 0 Å². The van der Waals surface area contributed by atoms with E-state index in [1.807, 2.05) is 42.2 Å². The van der Waals surface area contributed by atoms with E-state index in [0.29, 0.717) is 25.9 Å². The molecule has 0 N–H and O–H groups in total. The quantitative estimate of drug-likeness (QED) is 0.806. The molecule has 1 aromatic rings. The first-order valence-corrected chi connectivity index (χ1v) is 7.74. The first kappa shape index (κ1) is 14.8. The van der Waals surface area contributed by atoms with Crippen molar-refractivity contribution in [2.75, 3.05) is 13.7 Å². The summed E-state index contributed by atoms with van der Waals surface area (Å²) in [6.07, 6.45) is 1.39. The van der Waals surface area contributed by atoms with Crippen LogP contribution in [0.1, 0.15) is 25.3 Å². The van der Waals surface area contributed by atoms with E-state index < -0.39 is 0 Å². The Balaban J connectivity index is 1.76. The summed E-state index contributed by atoms with van der Waals surface area (Å²) in [7, 11) is 1.43. The van der Waals surface area contributed by atoms with Gasteiger partial charge in [-0.15, -0.1) is 0 Å². The van der Waals surface area contributed by atoms with Crippen LogP contribution in [0.5, 0.6) is 0 Å². The Hall–Kier alpha value is -2.10. The van der Waals surface area contributed by atoms with Crippen molar-refractivity contribution < 1.29 is 14.3 Å². The average Bonchev–Trinajstić information content (AvgIpc) is 2.86. The highest BCUT2D eigenvalue weighted by Crippen LogP contribution is 2.40. The van der Waals surface area contributed by atoms with Crippen LogP contribution in [-0.2, 0) is 20.9 Å². The fourth-order valence-corrected chi connectivity index (χ4v) is 3.58. The van der Waals surface area contributed by atoms with Gasteiger partial charge in [0, 0.05) is 18.7 Å². The maximum atomic E-state index is 12.6. The Kier molecular flexibility index (Phi) is 4.01. The van der Waals surface area contributed by atoms with Crippen LogP contribution in [-0.4, -0.2) is 30.4 Å². The summed E-state index contributed by atoms with van der Waals surface area (Å²) >= 11 is 0. The lowest BCUT2D eigenvalue weighted by Gasteiger charge is -2.27. The third-order valence-corrected chi connectivity index (χ3v) is 4.87. The van der Waals surface area contributed by atoms with Crippen LogP contribution in [0.2, 0.25) is 0 Å². The number of methoxy groups -OCH3 is 1. The molecule has 1 aliphatic carbocycles. The molecular formula is C18H21NO3. The maximum Gasteiger partial charge on any atom is 0.309 e. The zero-order valence-corrected chi connectivity index (χ0v) is 13.0. The molecule has 1 amide bonds. The van der Waals surface area contributed by atoms with Crippen LogP contribution in [0.4, 0.5) is 0 Å². The first-order valence-electron chi connectivity index (χ1n) is 7.74. The summed E-state index contributed by atoms with van der Waals surface area (Å²) in [4.78, 5) is 26.3. The van der Waals surface area contributed by atoms with Gasteiger partial charge in [-0.3, -0.25) is 9.59 Å². The summed E-state index contributed by atoms with van der Waals surface area (Å²) in [5.74, 6) is -0.0591. The standard InChI is InChI=1S/C18H21NO3/c1-12-14(18(21)22-2)8-9-15-16(12)11-19(17(15)20)10-13-6-4-3-5-7-13/h3-7,12,14H,8-11H2,1-2H3/t12-,14-/m1/s1. The van der Waals surface area contributed by atoms with Crippen molar-refractivity contribution in [3.05, 3.63) is 47.0 Å². The highest BCUT2D eigenvalue weighted by atomic mass is 16.5. The van der Waals surface area contributed by atoms with Gasteiger partial charge < -0.3 is 9.64 Å². The van der Waals surface area contributed by atoms with Gasteiger partial charge in [0.1, 0.15) is 0 Å². The molecule has 2 aliphatic rings. The van der Waals surface area contributed by atoms with E-state index in [-0.39, 0.29) is 23.7 Å². The number of rotatable bonds is 3. The lowest BCUT2D eigenvalue weighted by molar-refractivity contribution is -0.147. The maximum absolute atomic E-state index is 12.6. The van der Waals surface area contributed by atoms with E-state index in [4.69, 9.17) is 4.74 Å². The number of carbonyl (C=O) groups is 2. The third-order valence-electron chi connectivity index (χ3n) is 4.87. The fraction of sp³-hybridized carbons (Fsp3) is 0.444. The molecule has 0 radical (unpaired) electrons. The number of nitrogens with zero attached hydrogens (tertiary/aromatic N) is 1. The van der Waals surface area contributed by atoms with Crippen molar-refractivity contribution in [3.63, 3.8) is 0 Å². The molecule has 0 unspecified atom stereocenters. The molecule has 0 saturated heterocycles. The minimum Gasteiger partial charge on any atom is -0.469 e. The molecule has 0 bridgehead atoms. The number of esters is 1. The minimum absolute atomic E-state index is 0.0842. The molecule has 22 heavy (non-hydrogen) atoms. The molecule has 116 valence electrons. The van der Waals surface area contributed by atoms with Gasteiger partial charge in [-0.2, -0.15) is 0 Å². The average molecular weight is 299 g/mol. The Morgan fingerprint density at radius 2 is 2.05 bits per heavy atom. The van der Waals surface area contributed by atoms with Crippen molar-refractivity contribution in [1.82, 2.24) is 4.90 Å². The minimum atomic E-state index is -0.159. The molecule has 1 aliphatic heterocycles. The smallest absolute Gasteiger partial charge is 0.309 e. The Morgan fingerprint density at radius 1 is 1.32 bits per heavy atom. The summed E-state index contributed by atoms with van der Waals surface area (Å²) < 4.78 is 4.90. The second-order valence-electron chi connectivity index (χ2n) is 6.11. The lowest BCUT2D eigenvalue weighted by atomic mass is 9.77. The molecule has 0 spiro atoms. The van der Waals surface area contributed by atoms with Gasteiger partial charge in [-0.25, -0.2) is 0 Å². The van der Waals surface area contributed by atoms with E-state index in [1.54, 1.807) is 0 Å². The predicted molar refractivity (Wildman–Crippen MR) is 82.8 cm³/mol. The molecule has 0 aromatic heterocycles. The highest BCUT2D eigenvalue weighted by Gasteiger charge is 2.41. The van der Waals surface area contributed by atoms with E-state index in [2.05, 4.69) is 0 Å². The Labute approximate surface area is 130 Å². The van der Waals surface area contributed by atoms with Gasteiger partial charge in [-0.1, -0.05) is 37.3 Å². The number of hydrogen-bond donors (Lipinski definition) is 0. The topological polar surface area (TPSA) is 46.6 Å². The molecule has 1 heterocycles. The first-order chi connectivity index (χ1) is 10.6. The van der Waals surface area contributed by atoms with Gasteiger partial charge in [0.25, 0.3) is 0 Å². The van der Waals surface area contributed by atoms with Gasteiger partial charge in [0.05, 0.1) is 13.0 Å². The SMILES string of the molecule is COC(=O)[C@@H]1CCC2=C(CN(Cc3ccccc3)C2=O)[C@@H]1C. The highest BCUT2D eigenvalue weighted by molar-refractivity contribution is 5.97. The number of hydrogen-bond acceptors (Lipinski definition) is 3. The Morgan fingerprint density at radius 3 is 2.73 bits per heavy atom. The summed E-state index contributed by atoms with van der Waals surface area (Å²) in [6, 6.07) is 10.0. The van der Waals surface area contributed by atoms with Crippen LogP contribution in [0.25, 0.3) is 0 Å². The van der Waals surface area contributed by atoms with Crippen molar-refractivity contribution in [3.8, 4) is 0 Å². The second-order valence-corrected chi connectivity index (χ2v) is 6.11. The van der Waals surface area contributed by atoms with Gasteiger partial charge in [0.2, 0.25) is 5.91 Å². The monoisotopic (exact) mass is 299 g/mol. The molecule has 0 saturated carbocycles. The molecule has 4 heteroatoms. The fourth-order valence-electron chi connectivity index (χ4n) is 3.58. The van der Waals surface area contributed by atoms with Crippen LogP contribution >= 0.6 is 0 Å². The normalized spacial score (nSPS) is 24.5. The van der Waals surface area contributed by atoms with Gasteiger partial charge >= 0.3 is 5.97 Å². The zero-order chi connectivity index (χ0) is 15.7. The number of carbonyl (C=O) groups excluding carboxylic acids is 2. The number of ether oxygens (including phenoxy) is 1. The predicted octanol–water partition coefficient (Wildman–Crippen LogP) is 2.54. The molecular weight excluding hydrogens is 278 g/mol. The van der Waals surface area contributed by atoms with E-state index >= 15 is 0 Å². The zero-order valence-electron chi connectivity index (χ0n) is 13.0. The third kappa shape index (κ3) is 2.54. The molecule has 2 atom stereocenters. The van der Waals surface area contributed by atoms with Crippen LogP contribution in [0, 0.1) is 11.8 Å². The van der Waals surface area contributed by atoms with Crippen LogP contribution in [0.3, 0.4) is 0 Å². The van der Waals surface area contributed by atoms with E-state index in [0.717, 1.165) is 16.7 Å². The molecule has 4 nitrogen and oxygen atoms in total. The van der Waals surface area contributed by atoms with Crippen LogP contribution < -0.4 is 0 Å². The number of amides is 1. The lowest BCUT2D eigenvalue weighted by Crippen LogP contribution is -2.29. The van der Waals surface area contributed by atoms with Crippen molar-refractivity contribution in [2.24, 2.45) is 11.8 Å². The summed E-state index contributed by atoms with van der Waals surface area (Å²) in [6.45, 7) is 3.30. The van der Waals surface area contributed by atoms with E-state index in [9.17, 15) is 9.59 Å². The number of benzene rings is 1. The van der Waals surface area contributed by atoms with Crippen molar-refractivity contribution >= 4 is 11.9 Å². The Bertz CT molecular complexity index is 620. The van der Waals surface area contributed by atoms with Gasteiger partial charge in [-0.05, 0) is 29.9 Å². The van der Waals surface area contributed by atoms with Crippen molar-refractivity contribution in [2.45, 2.75) is 26.3 Å². The van der Waals surface area contributed by atoms with Gasteiger partial charge in [0.15, 0.2) is 0 Å². The molecule has 1 aromatic carbocycles. The molecule has 3 rings (SSSR count). The molecule has 0 fully saturated rings. The second kappa shape index (κ2) is 5.95. The van der Waals surface area contributed by atoms with E-state index in [1.165, 1.54) is 7.11 Å². The summed E-state index contributed by atoms with van der Waals surface area (Å²) in [5.41, 5.74) is 3.18. The van der Waals surface area contributed by atoms with Crippen LogP contribution in [0.15, 0.2) is 41.5 Å². The largest absolute Gasteiger partial charge is 0.469 e.